The van der Waals surface area contributed by atoms with E-state index < -0.39 is 0 Å². The minimum Gasteiger partial charge on any atom is -0.353 e. The van der Waals surface area contributed by atoms with E-state index in [-0.39, 0.29) is 11.9 Å². The van der Waals surface area contributed by atoms with Crippen molar-refractivity contribution in [1.82, 2.24) is 25.0 Å². The van der Waals surface area contributed by atoms with Crippen LogP contribution in [0.1, 0.15) is 44.7 Å². The van der Waals surface area contributed by atoms with E-state index in [9.17, 15) is 9.59 Å². The highest BCUT2D eigenvalue weighted by Crippen LogP contribution is 2.26. The number of likely N-dealkylation sites (tertiary alicyclic amines) is 2. The summed E-state index contributed by atoms with van der Waals surface area (Å²) in [6.07, 6.45) is 5.04. The third kappa shape index (κ3) is 5.96. The number of carbonyl (C=O) groups is 2. The molecule has 1 aromatic heterocycles. The summed E-state index contributed by atoms with van der Waals surface area (Å²) in [7, 11) is 0. The van der Waals surface area contributed by atoms with E-state index in [0.717, 1.165) is 103 Å². The van der Waals surface area contributed by atoms with Gasteiger partial charge in [-0.15, -0.1) is 0 Å². The van der Waals surface area contributed by atoms with Crippen molar-refractivity contribution in [2.24, 2.45) is 5.92 Å². The van der Waals surface area contributed by atoms with Crippen LogP contribution in [0, 0.1) is 12.8 Å². The Morgan fingerprint density at radius 3 is 2.45 bits per heavy atom. The lowest BCUT2D eigenvalue weighted by Crippen LogP contribution is -2.55. The second kappa shape index (κ2) is 11.2. The SMILES string of the molecule is CCCNC(=O)N1CCC(N2CCCC(C(=O)N3CCN(c4cccc(C)n4)CC3)C2)CC1. The molecule has 8 nitrogen and oxygen atoms in total. The Kier molecular flexibility index (Phi) is 8.06. The number of piperidine rings is 2. The number of amides is 3. The number of piperazine rings is 1. The molecule has 4 heterocycles. The molecule has 3 amide bonds. The van der Waals surface area contributed by atoms with Crippen LogP contribution in [0.15, 0.2) is 18.2 Å². The zero-order valence-electron chi connectivity index (χ0n) is 20.3. The molecule has 182 valence electrons. The molecule has 3 fully saturated rings. The van der Waals surface area contributed by atoms with Gasteiger partial charge in [-0.2, -0.15) is 0 Å². The van der Waals surface area contributed by atoms with E-state index in [2.05, 4.69) is 38.0 Å². The molecule has 1 aromatic rings. The summed E-state index contributed by atoms with van der Waals surface area (Å²) >= 11 is 0. The summed E-state index contributed by atoms with van der Waals surface area (Å²) < 4.78 is 0. The molecule has 3 aliphatic rings. The minimum atomic E-state index is 0.0713. The van der Waals surface area contributed by atoms with Crippen LogP contribution in [-0.2, 0) is 4.79 Å². The van der Waals surface area contributed by atoms with Gasteiger partial charge in [0.05, 0.1) is 5.92 Å². The molecule has 0 saturated carbocycles. The lowest BCUT2D eigenvalue weighted by Gasteiger charge is -2.43. The molecule has 0 bridgehead atoms. The van der Waals surface area contributed by atoms with Gasteiger partial charge in [0.15, 0.2) is 0 Å². The van der Waals surface area contributed by atoms with E-state index in [1.165, 1.54) is 0 Å². The maximum atomic E-state index is 13.3. The number of aryl methyl sites for hydroxylation is 1. The average Bonchev–Trinajstić information content (AvgIpc) is 2.87. The molecule has 0 aliphatic carbocycles. The number of hydrogen-bond acceptors (Lipinski definition) is 5. The van der Waals surface area contributed by atoms with Crippen LogP contribution in [0.3, 0.4) is 0 Å². The van der Waals surface area contributed by atoms with Crippen LogP contribution < -0.4 is 10.2 Å². The smallest absolute Gasteiger partial charge is 0.317 e. The number of pyridine rings is 1. The Morgan fingerprint density at radius 2 is 1.76 bits per heavy atom. The van der Waals surface area contributed by atoms with Crippen LogP contribution in [0.4, 0.5) is 10.6 Å². The van der Waals surface area contributed by atoms with Gasteiger partial charge in [-0.25, -0.2) is 9.78 Å². The number of urea groups is 1. The molecule has 0 spiro atoms. The van der Waals surface area contributed by atoms with Crippen molar-refractivity contribution >= 4 is 17.8 Å². The molecule has 3 saturated heterocycles. The lowest BCUT2D eigenvalue weighted by atomic mass is 9.92. The molecular weight excluding hydrogens is 416 g/mol. The fourth-order valence-electron chi connectivity index (χ4n) is 5.44. The predicted molar refractivity (Wildman–Crippen MR) is 130 cm³/mol. The van der Waals surface area contributed by atoms with Crippen molar-refractivity contribution in [3.63, 3.8) is 0 Å². The second-order valence-electron chi connectivity index (χ2n) is 9.73. The quantitative estimate of drug-likeness (QED) is 0.736. The standard InChI is InChI=1S/C25H40N6O2/c1-3-11-26-25(33)30-13-9-22(10-14-30)31-12-5-7-21(19-31)24(32)29-17-15-28(16-18-29)23-8-4-6-20(2)27-23/h4,6,8,21-22H,3,5,7,9-19H2,1-2H3,(H,26,33). The first-order valence-corrected chi connectivity index (χ1v) is 12.8. The average molecular weight is 457 g/mol. The number of nitrogens with zero attached hydrogens (tertiary/aromatic N) is 5. The summed E-state index contributed by atoms with van der Waals surface area (Å²) in [5.41, 5.74) is 1.03. The van der Waals surface area contributed by atoms with Gasteiger partial charge in [0.2, 0.25) is 5.91 Å². The summed E-state index contributed by atoms with van der Waals surface area (Å²) in [4.78, 5) is 39.0. The Balaban J connectivity index is 1.24. The van der Waals surface area contributed by atoms with Gasteiger partial charge in [0, 0.05) is 64.1 Å². The molecule has 33 heavy (non-hydrogen) atoms. The van der Waals surface area contributed by atoms with E-state index >= 15 is 0 Å². The second-order valence-corrected chi connectivity index (χ2v) is 9.73. The molecule has 0 aromatic carbocycles. The van der Waals surface area contributed by atoms with E-state index in [1.54, 1.807) is 0 Å². The minimum absolute atomic E-state index is 0.0713. The normalized spacial score (nSPS) is 23.0. The molecule has 3 aliphatic heterocycles. The Labute approximate surface area is 198 Å². The number of anilines is 1. The maximum Gasteiger partial charge on any atom is 0.317 e. The summed E-state index contributed by atoms with van der Waals surface area (Å²) in [6, 6.07) is 6.68. The van der Waals surface area contributed by atoms with Crippen LogP contribution in [0.25, 0.3) is 0 Å². The first kappa shape index (κ1) is 23.8. The molecule has 0 radical (unpaired) electrons. The highest BCUT2D eigenvalue weighted by molar-refractivity contribution is 5.79. The largest absolute Gasteiger partial charge is 0.353 e. The van der Waals surface area contributed by atoms with Crippen molar-refractivity contribution in [3.8, 4) is 0 Å². The number of aromatic nitrogens is 1. The van der Waals surface area contributed by atoms with Gasteiger partial charge in [-0.05, 0) is 57.7 Å². The first-order chi connectivity index (χ1) is 16.0. The van der Waals surface area contributed by atoms with Gasteiger partial charge >= 0.3 is 6.03 Å². The highest BCUT2D eigenvalue weighted by atomic mass is 16.2. The lowest BCUT2D eigenvalue weighted by molar-refractivity contribution is -0.138. The van der Waals surface area contributed by atoms with Crippen molar-refractivity contribution in [3.05, 3.63) is 23.9 Å². The van der Waals surface area contributed by atoms with Gasteiger partial charge in [-0.1, -0.05) is 13.0 Å². The van der Waals surface area contributed by atoms with Crippen molar-refractivity contribution < 1.29 is 9.59 Å². The fraction of sp³-hybridized carbons (Fsp3) is 0.720. The first-order valence-electron chi connectivity index (χ1n) is 12.8. The number of nitrogens with one attached hydrogen (secondary N) is 1. The zero-order valence-corrected chi connectivity index (χ0v) is 20.3. The third-order valence-corrected chi connectivity index (χ3v) is 7.39. The van der Waals surface area contributed by atoms with Crippen LogP contribution >= 0.6 is 0 Å². The third-order valence-electron chi connectivity index (χ3n) is 7.39. The summed E-state index contributed by atoms with van der Waals surface area (Å²) in [5, 5.41) is 2.99. The maximum absolute atomic E-state index is 13.3. The molecule has 1 atom stereocenters. The Bertz CT molecular complexity index is 802. The van der Waals surface area contributed by atoms with E-state index in [1.807, 2.05) is 24.0 Å². The number of carbonyl (C=O) groups excluding carboxylic acids is 2. The van der Waals surface area contributed by atoms with Crippen molar-refractivity contribution in [2.45, 2.75) is 52.0 Å². The highest BCUT2D eigenvalue weighted by Gasteiger charge is 2.35. The molecular formula is C25H40N6O2. The van der Waals surface area contributed by atoms with Gasteiger partial charge < -0.3 is 20.0 Å². The Hall–Kier alpha value is -2.35. The van der Waals surface area contributed by atoms with Crippen molar-refractivity contribution in [2.75, 3.05) is 63.8 Å². The molecule has 1 N–H and O–H groups in total. The van der Waals surface area contributed by atoms with Gasteiger partial charge in [-0.3, -0.25) is 9.69 Å². The monoisotopic (exact) mass is 456 g/mol. The number of rotatable bonds is 5. The van der Waals surface area contributed by atoms with Gasteiger partial charge in [0.25, 0.3) is 0 Å². The topological polar surface area (TPSA) is 72.0 Å². The Morgan fingerprint density at radius 1 is 1.00 bits per heavy atom. The molecule has 8 heteroatoms. The molecule has 4 rings (SSSR count). The fourth-order valence-corrected chi connectivity index (χ4v) is 5.44. The van der Waals surface area contributed by atoms with Gasteiger partial charge in [0.1, 0.15) is 5.82 Å². The zero-order chi connectivity index (χ0) is 23.2. The van der Waals surface area contributed by atoms with Crippen molar-refractivity contribution in [1.29, 1.82) is 0 Å². The predicted octanol–water partition coefficient (Wildman–Crippen LogP) is 2.33. The van der Waals surface area contributed by atoms with Crippen LogP contribution in [0.2, 0.25) is 0 Å². The van der Waals surface area contributed by atoms with Crippen LogP contribution in [-0.4, -0.2) is 96.6 Å². The number of hydrogen-bond donors (Lipinski definition) is 1. The summed E-state index contributed by atoms with van der Waals surface area (Å²) in [5.74, 6) is 1.45. The summed E-state index contributed by atoms with van der Waals surface area (Å²) in [6.45, 7) is 11.6. The van der Waals surface area contributed by atoms with Crippen LogP contribution in [0.5, 0.6) is 0 Å². The van der Waals surface area contributed by atoms with E-state index in [4.69, 9.17) is 0 Å². The van der Waals surface area contributed by atoms with E-state index in [0.29, 0.717) is 11.9 Å². The molecule has 1 unspecified atom stereocenters.